The highest BCUT2D eigenvalue weighted by Crippen LogP contribution is 2.26. The van der Waals surface area contributed by atoms with Gasteiger partial charge in [-0.1, -0.05) is 55.5 Å². The number of carbonyl (C=O) groups excluding carboxylic acids is 2. The first-order chi connectivity index (χ1) is 10.7. The summed E-state index contributed by atoms with van der Waals surface area (Å²) in [5, 5.41) is 0. The van der Waals surface area contributed by atoms with Gasteiger partial charge in [0.05, 0.1) is 12.2 Å². The van der Waals surface area contributed by atoms with E-state index < -0.39 is 5.97 Å². The molecular weight excluding hydrogens is 276 g/mol. The molecule has 0 aliphatic carbocycles. The Balaban J connectivity index is 2.38. The Bertz CT molecular complexity index is 647. The first-order valence-corrected chi connectivity index (χ1v) is 7.54. The third-order valence-corrected chi connectivity index (χ3v) is 3.61. The molecule has 2 rings (SSSR count). The molecule has 0 aliphatic rings. The van der Waals surface area contributed by atoms with Crippen molar-refractivity contribution in [2.45, 2.75) is 26.2 Å². The number of Topliss-reactive ketones (excluding diaryl/α,β-unsaturated/α-hetero) is 1. The van der Waals surface area contributed by atoms with Crippen molar-refractivity contribution in [3.63, 3.8) is 0 Å². The second-order valence-corrected chi connectivity index (χ2v) is 5.00. The third-order valence-electron chi connectivity index (χ3n) is 3.61. The van der Waals surface area contributed by atoms with E-state index in [-0.39, 0.29) is 18.3 Å². The van der Waals surface area contributed by atoms with Crippen LogP contribution in [0.25, 0.3) is 0 Å². The summed E-state index contributed by atoms with van der Waals surface area (Å²) in [6.45, 7) is 4.01. The molecule has 2 aromatic rings. The second-order valence-electron chi connectivity index (χ2n) is 5.00. The van der Waals surface area contributed by atoms with Crippen molar-refractivity contribution in [2.24, 2.45) is 0 Å². The first-order valence-electron chi connectivity index (χ1n) is 7.54. The average molecular weight is 296 g/mol. The fourth-order valence-electron chi connectivity index (χ4n) is 2.53. The largest absolute Gasteiger partial charge is 0.462 e. The Morgan fingerprint density at radius 2 is 1.50 bits per heavy atom. The van der Waals surface area contributed by atoms with E-state index in [1.54, 1.807) is 31.2 Å². The predicted octanol–water partition coefficient (Wildman–Crippen LogP) is 4.24. The van der Waals surface area contributed by atoms with Crippen molar-refractivity contribution in [3.8, 4) is 0 Å². The van der Waals surface area contributed by atoms with Gasteiger partial charge < -0.3 is 4.74 Å². The topological polar surface area (TPSA) is 43.4 Å². The molecule has 1 atom stereocenters. The summed E-state index contributed by atoms with van der Waals surface area (Å²) in [7, 11) is 0. The zero-order chi connectivity index (χ0) is 15.9. The van der Waals surface area contributed by atoms with Gasteiger partial charge in [0.2, 0.25) is 0 Å². The quantitative estimate of drug-likeness (QED) is 0.591. The molecule has 1 unspecified atom stereocenters. The highest BCUT2D eigenvalue weighted by molar-refractivity contribution is 6.09. The number of ketones is 1. The van der Waals surface area contributed by atoms with Crippen LogP contribution in [0, 0.1) is 0 Å². The highest BCUT2D eigenvalue weighted by atomic mass is 16.5. The minimum Gasteiger partial charge on any atom is -0.462 e. The lowest BCUT2D eigenvalue weighted by Gasteiger charge is -2.16. The molecule has 0 aliphatic heterocycles. The minimum atomic E-state index is -0.450. The van der Waals surface area contributed by atoms with Crippen molar-refractivity contribution < 1.29 is 14.3 Å². The van der Waals surface area contributed by atoms with Gasteiger partial charge in [0.1, 0.15) is 0 Å². The number of benzene rings is 2. The van der Waals surface area contributed by atoms with Crippen molar-refractivity contribution in [2.75, 3.05) is 6.61 Å². The van der Waals surface area contributed by atoms with E-state index >= 15 is 0 Å². The number of hydrogen-bond acceptors (Lipinski definition) is 3. The minimum absolute atomic E-state index is 0.0441. The van der Waals surface area contributed by atoms with Gasteiger partial charge in [-0.05, 0) is 25.0 Å². The molecule has 0 saturated carbocycles. The fraction of sp³-hybridized carbons (Fsp3) is 0.263. The van der Waals surface area contributed by atoms with Crippen LogP contribution in [0.15, 0.2) is 54.6 Å². The van der Waals surface area contributed by atoms with Gasteiger partial charge in [0, 0.05) is 11.5 Å². The van der Waals surface area contributed by atoms with E-state index in [9.17, 15) is 9.59 Å². The molecule has 0 amide bonds. The van der Waals surface area contributed by atoms with Gasteiger partial charge in [-0.2, -0.15) is 0 Å². The van der Waals surface area contributed by atoms with Crippen LogP contribution in [-0.4, -0.2) is 18.4 Å². The first kappa shape index (κ1) is 16.0. The average Bonchev–Trinajstić information content (AvgIpc) is 2.56. The summed E-state index contributed by atoms with van der Waals surface area (Å²) in [4.78, 5) is 24.9. The molecule has 22 heavy (non-hydrogen) atoms. The maximum absolute atomic E-state index is 12.9. The predicted molar refractivity (Wildman–Crippen MR) is 86.2 cm³/mol. The Morgan fingerprint density at radius 3 is 2.09 bits per heavy atom. The van der Waals surface area contributed by atoms with Crippen LogP contribution in [0.2, 0.25) is 0 Å². The summed E-state index contributed by atoms with van der Waals surface area (Å²) in [5.74, 6) is -0.747. The lowest BCUT2D eigenvalue weighted by molar-refractivity contribution is 0.0522. The van der Waals surface area contributed by atoms with E-state index in [0.717, 1.165) is 5.56 Å². The van der Waals surface area contributed by atoms with E-state index in [4.69, 9.17) is 4.74 Å². The SMILES string of the molecule is CCOC(=O)c1ccccc1C(=O)C(CC)c1ccccc1. The zero-order valence-electron chi connectivity index (χ0n) is 12.9. The smallest absolute Gasteiger partial charge is 0.338 e. The maximum atomic E-state index is 12.9. The number of ether oxygens (including phenoxy) is 1. The molecule has 0 fully saturated rings. The summed E-state index contributed by atoms with van der Waals surface area (Å²) >= 11 is 0. The number of hydrogen-bond donors (Lipinski definition) is 0. The highest BCUT2D eigenvalue weighted by Gasteiger charge is 2.24. The van der Waals surface area contributed by atoms with Crippen LogP contribution in [0.5, 0.6) is 0 Å². The van der Waals surface area contributed by atoms with Crippen LogP contribution in [0.1, 0.15) is 52.5 Å². The third kappa shape index (κ3) is 3.42. The Morgan fingerprint density at radius 1 is 0.909 bits per heavy atom. The van der Waals surface area contributed by atoms with Crippen molar-refractivity contribution >= 4 is 11.8 Å². The Kier molecular flexibility index (Phi) is 5.48. The summed E-state index contributed by atoms with van der Waals surface area (Å²) in [6.07, 6.45) is 0.681. The maximum Gasteiger partial charge on any atom is 0.338 e. The van der Waals surface area contributed by atoms with E-state index in [1.807, 2.05) is 37.3 Å². The normalized spacial score (nSPS) is 11.7. The number of carbonyl (C=O) groups is 2. The van der Waals surface area contributed by atoms with Crippen LogP contribution in [-0.2, 0) is 4.74 Å². The molecule has 0 radical (unpaired) electrons. The van der Waals surface area contributed by atoms with Gasteiger partial charge in [-0.15, -0.1) is 0 Å². The molecule has 2 aromatic carbocycles. The van der Waals surface area contributed by atoms with Crippen molar-refractivity contribution in [1.82, 2.24) is 0 Å². The van der Waals surface area contributed by atoms with E-state index in [1.165, 1.54) is 0 Å². The lowest BCUT2D eigenvalue weighted by Crippen LogP contribution is -2.17. The summed E-state index contributed by atoms with van der Waals surface area (Å²) < 4.78 is 5.05. The lowest BCUT2D eigenvalue weighted by atomic mass is 9.87. The van der Waals surface area contributed by atoms with Crippen molar-refractivity contribution in [1.29, 1.82) is 0 Å². The molecule has 3 nitrogen and oxygen atoms in total. The molecule has 114 valence electrons. The molecule has 0 spiro atoms. The molecule has 0 N–H and O–H groups in total. The van der Waals surface area contributed by atoms with Gasteiger partial charge >= 0.3 is 5.97 Å². The molecular formula is C19H20O3. The molecule has 0 heterocycles. The van der Waals surface area contributed by atoms with Crippen LogP contribution in [0.3, 0.4) is 0 Å². The molecule has 0 saturated heterocycles. The van der Waals surface area contributed by atoms with Crippen LogP contribution < -0.4 is 0 Å². The summed E-state index contributed by atoms with van der Waals surface area (Å²) in [6, 6.07) is 16.5. The van der Waals surface area contributed by atoms with Gasteiger partial charge in [0.15, 0.2) is 5.78 Å². The Hall–Kier alpha value is -2.42. The molecule has 0 bridgehead atoms. The van der Waals surface area contributed by atoms with E-state index in [2.05, 4.69) is 0 Å². The van der Waals surface area contributed by atoms with Crippen LogP contribution in [0.4, 0.5) is 0 Å². The van der Waals surface area contributed by atoms with Crippen molar-refractivity contribution in [3.05, 3.63) is 71.3 Å². The summed E-state index contributed by atoms with van der Waals surface area (Å²) in [5.41, 5.74) is 1.73. The van der Waals surface area contributed by atoms with E-state index in [0.29, 0.717) is 17.5 Å². The van der Waals surface area contributed by atoms with Crippen LogP contribution >= 0.6 is 0 Å². The second kappa shape index (κ2) is 7.55. The molecule has 3 heteroatoms. The number of esters is 1. The molecule has 0 aromatic heterocycles. The van der Waals surface area contributed by atoms with Gasteiger partial charge in [-0.3, -0.25) is 4.79 Å². The van der Waals surface area contributed by atoms with Gasteiger partial charge in [-0.25, -0.2) is 4.79 Å². The standard InChI is InChI=1S/C19H20O3/c1-3-15(14-10-6-5-7-11-14)18(20)16-12-8-9-13-17(16)19(21)22-4-2/h5-13,15H,3-4H2,1-2H3. The van der Waals surface area contributed by atoms with Gasteiger partial charge in [0.25, 0.3) is 0 Å². The Labute approximate surface area is 130 Å². The monoisotopic (exact) mass is 296 g/mol. The fourth-order valence-corrected chi connectivity index (χ4v) is 2.53. The number of rotatable bonds is 6. The zero-order valence-corrected chi connectivity index (χ0v) is 12.9.